The average molecular weight is 559 g/mol. The Labute approximate surface area is 209 Å². The molecule has 2 N–H and O–H groups in total. The van der Waals surface area contributed by atoms with Crippen molar-refractivity contribution in [3.63, 3.8) is 0 Å². The molecule has 0 saturated carbocycles. The van der Waals surface area contributed by atoms with Crippen molar-refractivity contribution in [1.29, 1.82) is 0 Å². The highest BCUT2D eigenvalue weighted by Crippen LogP contribution is 2.36. The van der Waals surface area contributed by atoms with Crippen molar-refractivity contribution in [3.05, 3.63) is 29.8 Å². The minimum Gasteiger partial charge on any atom is -0.494 e. The Bertz CT molecular complexity index is 720. The van der Waals surface area contributed by atoms with Crippen molar-refractivity contribution in [3.8, 4) is 5.75 Å². The summed E-state index contributed by atoms with van der Waals surface area (Å²) in [6.07, 6.45) is 4.54. The lowest BCUT2D eigenvalue weighted by atomic mass is 9.74. The summed E-state index contributed by atoms with van der Waals surface area (Å²) in [5.74, 6) is 2.04. The zero-order valence-electron chi connectivity index (χ0n) is 19.5. The highest BCUT2D eigenvalue weighted by atomic mass is 127. The number of nitrogens with one attached hydrogen (secondary N) is 2. The van der Waals surface area contributed by atoms with Gasteiger partial charge in [-0.05, 0) is 57.2 Å². The van der Waals surface area contributed by atoms with Crippen LogP contribution in [0.5, 0.6) is 5.75 Å². The van der Waals surface area contributed by atoms with E-state index >= 15 is 0 Å². The van der Waals surface area contributed by atoms with Gasteiger partial charge in [0, 0.05) is 51.2 Å². The van der Waals surface area contributed by atoms with Crippen molar-refractivity contribution in [2.24, 2.45) is 4.99 Å². The summed E-state index contributed by atoms with van der Waals surface area (Å²) >= 11 is 0. The second-order valence-electron chi connectivity index (χ2n) is 8.31. The zero-order valence-corrected chi connectivity index (χ0v) is 21.9. The fraction of sp³-hybridized carbons (Fsp3) is 0.667. The molecule has 1 amide bonds. The molecular weight excluding hydrogens is 519 g/mol. The molecule has 0 bridgehead atoms. The Morgan fingerprint density at radius 1 is 1.19 bits per heavy atom. The molecule has 2 aliphatic rings. The van der Waals surface area contributed by atoms with E-state index in [2.05, 4.69) is 41.8 Å². The predicted molar refractivity (Wildman–Crippen MR) is 139 cm³/mol. The van der Waals surface area contributed by atoms with Gasteiger partial charge in [0.05, 0.1) is 13.2 Å². The van der Waals surface area contributed by atoms with E-state index in [-0.39, 0.29) is 35.3 Å². The van der Waals surface area contributed by atoms with Crippen LogP contribution in [0.4, 0.5) is 0 Å². The number of carbonyl (C=O) groups is 1. The van der Waals surface area contributed by atoms with E-state index in [1.54, 1.807) is 0 Å². The minimum atomic E-state index is -0.0205. The number of likely N-dealkylation sites (tertiary alicyclic amines) is 1. The molecule has 32 heavy (non-hydrogen) atoms. The van der Waals surface area contributed by atoms with Gasteiger partial charge in [-0.2, -0.15) is 0 Å². The highest BCUT2D eigenvalue weighted by molar-refractivity contribution is 14.0. The molecule has 3 rings (SSSR count). The van der Waals surface area contributed by atoms with Gasteiger partial charge in [-0.25, -0.2) is 0 Å². The van der Waals surface area contributed by atoms with Crippen LogP contribution in [-0.4, -0.2) is 69.3 Å². The number of guanidine groups is 1. The lowest BCUT2D eigenvalue weighted by molar-refractivity contribution is -0.127. The van der Waals surface area contributed by atoms with Gasteiger partial charge < -0.3 is 25.0 Å². The predicted octanol–water partition coefficient (Wildman–Crippen LogP) is 3.32. The van der Waals surface area contributed by atoms with Gasteiger partial charge in [-0.15, -0.1) is 24.0 Å². The number of amides is 1. The topological polar surface area (TPSA) is 75.2 Å². The summed E-state index contributed by atoms with van der Waals surface area (Å²) in [6.45, 7) is 10.3. The van der Waals surface area contributed by atoms with E-state index in [1.807, 2.05) is 11.8 Å². The van der Waals surface area contributed by atoms with E-state index in [4.69, 9.17) is 14.5 Å². The second-order valence-corrected chi connectivity index (χ2v) is 8.31. The fourth-order valence-electron chi connectivity index (χ4n) is 4.36. The molecule has 1 aromatic carbocycles. The number of ether oxygens (including phenoxy) is 2. The summed E-state index contributed by atoms with van der Waals surface area (Å²) in [6, 6.07) is 8.48. The summed E-state index contributed by atoms with van der Waals surface area (Å²) in [5.41, 5.74) is 1.28. The van der Waals surface area contributed by atoms with Gasteiger partial charge in [0.1, 0.15) is 5.75 Å². The van der Waals surface area contributed by atoms with E-state index < -0.39 is 0 Å². The highest BCUT2D eigenvalue weighted by Gasteiger charge is 2.34. The third-order valence-electron chi connectivity index (χ3n) is 6.18. The number of hydrogen-bond acceptors (Lipinski definition) is 4. The first-order valence-electron chi connectivity index (χ1n) is 11.8. The van der Waals surface area contributed by atoms with Crippen LogP contribution in [0.3, 0.4) is 0 Å². The quantitative estimate of drug-likeness (QED) is 0.200. The molecule has 180 valence electrons. The molecule has 0 aliphatic carbocycles. The molecule has 1 aromatic rings. The van der Waals surface area contributed by atoms with E-state index in [0.29, 0.717) is 19.6 Å². The van der Waals surface area contributed by atoms with Crippen molar-refractivity contribution in [2.45, 2.75) is 51.4 Å². The van der Waals surface area contributed by atoms with Gasteiger partial charge in [0.15, 0.2) is 5.96 Å². The molecule has 2 heterocycles. The summed E-state index contributed by atoms with van der Waals surface area (Å²) in [7, 11) is 0. The number of benzene rings is 1. The fourth-order valence-corrected chi connectivity index (χ4v) is 4.36. The van der Waals surface area contributed by atoms with E-state index in [0.717, 1.165) is 76.8 Å². The Morgan fingerprint density at radius 2 is 1.94 bits per heavy atom. The standard InChI is InChI=1S/C24H38N4O3.HI/c1-3-25-23(26-14-6-16-28-15-5-7-22(28)29)27-19-24(12-17-30-18-13-24)20-8-10-21(11-9-20)31-4-2;/h8-11H,3-7,12-19H2,1-2H3,(H2,25,26,27);1H. The molecular formula is C24H39IN4O3. The number of carbonyl (C=O) groups excluding carboxylic acids is 1. The molecule has 2 aliphatic heterocycles. The Kier molecular flexibility index (Phi) is 11.6. The van der Waals surface area contributed by atoms with Crippen molar-refractivity contribution in [2.75, 3.05) is 52.5 Å². The van der Waals surface area contributed by atoms with Gasteiger partial charge in [0.25, 0.3) is 0 Å². The molecule has 8 heteroatoms. The van der Waals surface area contributed by atoms with Crippen LogP contribution in [0.1, 0.15) is 51.5 Å². The summed E-state index contributed by atoms with van der Waals surface area (Å²) < 4.78 is 11.3. The first-order chi connectivity index (χ1) is 15.2. The van der Waals surface area contributed by atoms with Crippen LogP contribution in [0.15, 0.2) is 29.3 Å². The molecule has 2 fully saturated rings. The lowest BCUT2D eigenvalue weighted by Gasteiger charge is -2.36. The molecule has 2 saturated heterocycles. The molecule has 0 atom stereocenters. The first kappa shape index (κ1) is 26.7. The van der Waals surface area contributed by atoms with Crippen LogP contribution < -0.4 is 15.4 Å². The van der Waals surface area contributed by atoms with Crippen LogP contribution in [0, 0.1) is 0 Å². The average Bonchev–Trinajstić information content (AvgIpc) is 3.21. The third-order valence-corrected chi connectivity index (χ3v) is 6.18. The number of rotatable bonds is 10. The molecule has 0 radical (unpaired) electrons. The van der Waals surface area contributed by atoms with Crippen molar-refractivity contribution >= 4 is 35.8 Å². The maximum atomic E-state index is 11.8. The number of aliphatic imine (C=N–C) groups is 1. The third kappa shape index (κ3) is 7.50. The summed E-state index contributed by atoms with van der Waals surface area (Å²) in [4.78, 5) is 18.7. The smallest absolute Gasteiger partial charge is 0.222 e. The second kappa shape index (κ2) is 13.9. The van der Waals surface area contributed by atoms with Crippen LogP contribution >= 0.6 is 24.0 Å². The van der Waals surface area contributed by atoms with Gasteiger partial charge in [0.2, 0.25) is 5.91 Å². The Hall–Kier alpha value is -1.55. The van der Waals surface area contributed by atoms with Crippen molar-refractivity contribution < 1.29 is 14.3 Å². The minimum absolute atomic E-state index is 0. The van der Waals surface area contributed by atoms with E-state index in [9.17, 15) is 4.79 Å². The largest absolute Gasteiger partial charge is 0.494 e. The maximum absolute atomic E-state index is 11.8. The molecule has 0 unspecified atom stereocenters. The maximum Gasteiger partial charge on any atom is 0.222 e. The normalized spacial score (nSPS) is 18.2. The van der Waals surface area contributed by atoms with E-state index in [1.165, 1.54) is 5.56 Å². The molecule has 0 aromatic heterocycles. The summed E-state index contributed by atoms with van der Waals surface area (Å²) in [5, 5.41) is 6.80. The zero-order chi connectivity index (χ0) is 21.9. The van der Waals surface area contributed by atoms with Gasteiger partial charge >= 0.3 is 0 Å². The number of nitrogens with zero attached hydrogens (tertiary/aromatic N) is 2. The number of hydrogen-bond donors (Lipinski definition) is 2. The van der Waals surface area contributed by atoms with Gasteiger partial charge in [-0.1, -0.05) is 12.1 Å². The lowest BCUT2D eigenvalue weighted by Crippen LogP contribution is -2.42. The van der Waals surface area contributed by atoms with Crippen molar-refractivity contribution in [1.82, 2.24) is 15.5 Å². The first-order valence-corrected chi connectivity index (χ1v) is 11.8. The monoisotopic (exact) mass is 558 g/mol. The molecule has 0 spiro atoms. The Morgan fingerprint density at radius 3 is 2.56 bits per heavy atom. The van der Waals surface area contributed by atoms with Crippen LogP contribution in [-0.2, 0) is 14.9 Å². The Balaban J connectivity index is 0.00000363. The number of halogens is 1. The van der Waals surface area contributed by atoms with Crippen LogP contribution in [0.25, 0.3) is 0 Å². The van der Waals surface area contributed by atoms with Crippen LogP contribution in [0.2, 0.25) is 0 Å². The van der Waals surface area contributed by atoms with Gasteiger partial charge in [-0.3, -0.25) is 9.79 Å². The SMILES string of the molecule is CCNC(=NCC1(c2ccc(OCC)cc2)CCOCC1)NCCCN1CCCC1=O.I. The molecule has 7 nitrogen and oxygen atoms in total.